The number of aryl methyl sites for hydroxylation is 2. The van der Waals surface area contributed by atoms with Crippen molar-refractivity contribution in [1.82, 2.24) is 9.62 Å². The Morgan fingerprint density at radius 2 is 1.86 bits per heavy atom. The van der Waals surface area contributed by atoms with E-state index in [1.165, 1.54) is 11.6 Å². The van der Waals surface area contributed by atoms with Crippen molar-refractivity contribution in [2.24, 2.45) is 0 Å². The van der Waals surface area contributed by atoms with Crippen molar-refractivity contribution in [3.63, 3.8) is 0 Å². The number of sulfonamides is 1. The molecule has 1 aliphatic heterocycles. The van der Waals surface area contributed by atoms with Gasteiger partial charge >= 0.3 is 0 Å². The monoisotopic (exact) mass is 419 g/mol. The molecule has 3 rings (SSSR count). The summed E-state index contributed by atoms with van der Waals surface area (Å²) < 4.78 is 42.7. The van der Waals surface area contributed by atoms with Crippen LogP contribution in [0.3, 0.4) is 0 Å². The SMILES string of the molecule is CCc1ccc(C(CNS(=O)(=O)c2cc3c(cc2F)NC(=O)CC3)N(C)C)cc1. The Kier molecular flexibility index (Phi) is 6.36. The smallest absolute Gasteiger partial charge is 0.243 e. The minimum absolute atomic E-state index is 0.105. The number of hydrogen-bond donors (Lipinski definition) is 2. The fraction of sp³-hybridized carbons (Fsp3) is 0.381. The number of nitrogens with one attached hydrogen (secondary N) is 2. The van der Waals surface area contributed by atoms with Crippen molar-refractivity contribution >= 4 is 21.6 Å². The standard InChI is InChI=1S/C21H26FN3O3S/c1-4-14-5-7-15(8-6-14)19(25(2)3)13-23-29(27,28)20-11-16-9-10-21(26)24-18(16)12-17(20)22/h5-8,11-12,19,23H,4,9-10,13H2,1-3H3,(H,24,26). The van der Waals surface area contributed by atoms with E-state index in [-0.39, 0.29) is 24.9 Å². The number of anilines is 1. The molecule has 1 unspecified atom stereocenters. The Balaban J connectivity index is 1.81. The van der Waals surface area contributed by atoms with E-state index >= 15 is 0 Å². The largest absolute Gasteiger partial charge is 0.326 e. The highest BCUT2D eigenvalue weighted by molar-refractivity contribution is 7.89. The van der Waals surface area contributed by atoms with Crippen LogP contribution in [-0.4, -0.2) is 39.9 Å². The van der Waals surface area contributed by atoms with Gasteiger partial charge in [0.15, 0.2) is 0 Å². The molecule has 1 heterocycles. The first kappa shape index (κ1) is 21.4. The van der Waals surface area contributed by atoms with Crippen LogP contribution in [-0.2, 0) is 27.7 Å². The lowest BCUT2D eigenvalue weighted by atomic mass is 10.0. The van der Waals surface area contributed by atoms with E-state index in [2.05, 4.69) is 17.0 Å². The molecule has 0 saturated heterocycles. The molecule has 1 aliphatic rings. The lowest BCUT2D eigenvalue weighted by Gasteiger charge is -2.25. The Labute approximate surface area is 171 Å². The molecule has 0 spiro atoms. The summed E-state index contributed by atoms with van der Waals surface area (Å²) in [6.45, 7) is 2.18. The number of benzene rings is 2. The maximum Gasteiger partial charge on any atom is 0.243 e. The summed E-state index contributed by atoms with van der Waals surface area (Å²) in [6.07, 6.45) is 1.56. The maximum atomic E-state index is 14.5. The van der Waals surface area contributed by atoms with Crippen LogP contribution in [0.2, 0.25) is 0 Å². The summed E-state index contributed by atoms with van der Waals surface area (Å²) >= 11 is 0. The van der Waals surface area contributed by atoms with Crippen molar-refractivity contribution in [2.75, 3.05) is 26.0 Å². The fourth-order valence-corrected chi connectivity index (χ4v) is 4.57. The Hall–Kier alpha value is -2.29. The van der Waals surface area contributed by atoms with Gasteiger partial charge in [-0.3, -0.25) is 4.79 Å². The summed E-state index contributed by atoms with van der Waals surface area (Å²) in [5.41, 5.74) is 3.13. The van der Waals surface area contributed by atoms with E-state index in [1.54, 1.807) is 0 Å². The normalized spacial score (nSPS) is 15.1. The molecule has 2 N–H and O–H groups in total. The molecule has 2 aromatic rings. The van der Waals surface area contributed by atoms with Crippen LogP contribution in [0, 0.1) is 5.82 Å². The minimum atomic E-state index is -4.05. The highest BCUT2D eigenvalue weighted by atomic mass is 32.2. The molecule has 0 radical (unpaired) electrons. The molecule has 0 saturated carbocycles. The Bertz CT molecular complexity index is 1000. The van der Waals surface area contributed by atoms with Crippen LogP contribution in [0.1, 0.15) is 36.1 Å². The summed E-state index contributed by atoms with van der Waals surface area (Å²) in [7, 11) is -0.312. The average molecular weight is 420 g/mol. The Morgan fingerprint density at radius 1 is 1.17 bits per heavy atom. The lowest BCUT2D eigenvalue weighted by Crippen LogP contribution is -2.35. The van der Waals surface area contributed by atoms with Crippen LogP contribution in [0.4, 0.5) is 10.1 Å². The van der Waals surface area contributed by atoms with Crippen molar-refractivity contribution in [2.45, 2.75) is 37.1 Å². The van der Waals surface area contributed by atoms with Crippen molar-refractivity contribution in [3.8, 4) is 0 Å². The van der Waals surface area contributed by atoms with Gasteiger partial charge in [-0.2, -0.15) is 0 Å². The first-order chi connectivity index (χ1) is 13.7. The zero-order chi connectivity index (χ0) is 21.2. The maximum absolute atomic E-state index is 14.5. The summed E-state index contributed by atoms with van der Waals surface area (Å²) in [5, 5.41) is 2.57. The van der Waals surface area contributed by atoms with E-state index in [0.29, 0.717) is 17.7 Å². The number of halogens is 1. The number of carbonyl (C=O) groups is 1. The molecule has 1 amide bonds. The zero-order valence-electron chi connectivity index (χ0n) is 16.8. The minimum Gasteiger partial charge on any atom is -0.326 e. The third kappa shape index (κ3) is 4.83. The molecular formula is C21H26FN3O3S. The number of likely N-dealkylation sites (N-methyl/N-ethyl adjacent to an activating group) is 1. The lowest BCUT2D eigenvalue weighted by molar-refractivity contribution is -0.116. The van der Waals surface area contributed by atoms with Crippen LogP contribution < -0.4 is 10.0 Å². The molecule has 0 aromatic heterocycles. The zero-order valence-corrected chi connectivity index (χ0v) is 17.6. The number of fused-ring (bicyclic) bond motifs is 1. The Morgan fingerprint density at radius 3 is 2.48 bits per heavy atom. The van der Waals surface area contributed by atoms with Gasteiger partial charge in [0.25, 0.3) is 0 Å². The van der Waals surface area contributed by atoms with E-state index in [1.807, 2.05) is 43.3 Å². The second-order valence-corrected chi connectivity index (χ2v) is 9.15. The third-order valence-electron chi connectivity index (χ3n) is 5.21. The van der Waals surface area contributed by atoms with Crippen molar-refractivity contribution < 1.29 is 17.6 Å². The molecule has 6 nitrogen and oxygen atoms in total. The van der Waals surface area contributed by atoms with E-state index in [0.717, 1.165) is 18.1 Å². The quantitative estimate of drug-likeness (QED) is 0.723. The first-order valence-corrected chi connectivity index (χ1v) is 11.1. The summed E-state index contributed by atoms with van der Waals surface area (Å²) in [6, 6.07) is 10.2. The highest BCUT2D eigenvalue weighted by Gasteiger charge is 2.26. The van der Waals surface area contributed by atoms with E-state index in [9.17, 15) is 17.6 Å². The molecule has 1 atom stereocenters. The number of amides is 1. The van der Waals surface area contributed by atoms with Gasteiger partial charge in [0.2, 0.25) is 15.9 Å². The highest BCUT2D eigenvalue weighted by Crippen LogP contribution is 2.28. The second kappa shape index (κ2) is 8.61. The number of rotatable bonds is 7. The fourth-order valence-electron chi connectivity index (χ4n) is 3.43. The van der Waals surface area contributed by atoms with Gasteiger partial charge in [-0.15, -0.1) is 0 Å². The van der Waals surface area contributed by atoms with Crippen molar-refractivity contribution in [3.05, 3.63) is 58.9 Å². The van der Waals surface area contributed by atoms with Crippen molar-refractivity contribution in [1.29, 1.82) is 0 Å². The molecular weight excluding hydrogens is 393 g/mol. The third-order valence-corrected chi connectivity index (χ3v) is 6.64. The number of nitrogens with zero attached hydrogens (tertiary/aromatic N) is 1. The van der Waals surface area contributed by atoms with Crippen LogP contribution >= 0.6 is 0 Å². The predicted molar refractivity (Wildman–Crippen MR) is 111 cm³/mol. The molecule has 0 fully saturated rings. The first-order valence-electron chi connectivity index (χ1n) is 9.58. The van der Waals surface area contributed by atoms with Gasteiger partial charge in [-0.1, -0.05) is 31.2 Å². The topological polar surface area (TPSA) is 78.5 Å². The summed E-state index contributed by atoms with van der Waals surface area (Å²) in [4.78, 5) is 13.0. The average Bonchev–Trinajstić information content (AvgIpc) is 2.67. The second-order valence-electron chi connectivity index (χ2n) is 7.41. The van der Waals surface area contributed by atoms with E-state index < -0.39 is 20.7 Å². The van der Waals surface area contributed by atoms with Crippen LogP contribution in [0.5, 0.6) is 0 Å². The molecule has 8 heteroatoms. The van der Waals surface area contributed by atoms with Gasteiger partial charge in [0, 0.05) is 24.7 Å². The van der Waals surface area contributed by atoms with Gasteiger partial charge in [-0.05, 0) is 55.8 Å². The van der Waals surface area contributed by atoms with E-state index in [4.69, 9.17) is 0 Å². The summed E-state index contributed by atoms with van der Waals surface area (Å²) in [5.74, 6) is -1.08. The predicted octanol–water partition coefficient (Wildman–Crippen LogP) is 2.85. The van der Waals surface area contributed by atoms with Crippen LogP contribution in [0.25, 0.3) is 0 Å². The molecule has 0 aliphatic carbocycles. The number of carbonyl (C=O) groups excluding carboxylic acids is 1. The van der Waals surface area contributed by atoms with Gasteiger partial charge in [0.05, 0.1) is 0 Å². The molecule has 2 aromatic carbocycles. The molecule has 29 heavy (non-hydrogen) atoms. The molecule has 156 valence electrons. The van der Waals surface area contributed by atoms with Gasteiger partial charge in [-0.25, -0.2) is 17.5 Å². The van der Waals surface area contributed by atoms with Gasteiger partial charge in [0.1, 0.15) is 10.7 Å². The van der Waals surface area contributed by atoms with Gasteiger partial charge < -0.3 is 10.2 Å². The molecule has 0 bridgehead atoms. The van der Waals surface area contributed by atoms with Crippen LogP contribution in [0.15, 0.2) is 41.3 Å². The number of hydrogen-bond acceptors (Lipinski definition) is 4.